The first-order valence-corrected chi connectivity index (χ1v) is 7.29. The molecule has 0 aliphatic rings. The van der Waals surface area contributed by atoms with Gasteiger partial charge in [0.1, 0.15) is 0 Å². The lowest BCUT2D eigenvalue weighted by Crippen LogP contribution is -2.28. The van der Waals surface area contributed by atoms with Crippen molar-refractivity contribution in [2.45, 2.75) is 18.5 Å². The average Bonchev–Trinajstić information content (AvgIpc) is 2.58. The van der Waals surface area contributed by atoms with Crippen LogP contribution in [0.4, 0.5) is 26.3 Å². The number of hydrogen-bond donors (Lipinski definition) is 2. The van der Waals surface area contributed by atoms with E-state index in [9.17, 15) is 36.2 Å². The van der Waals surface area contributed by atoms with Crippen LogP contribution < -0.4 is 5.32 Å². The minimum absolute atomic E-state index is 0.127. The molecule has 9 heteroatoms. The second kappa shape index (κ2) is 7.36. The highest BCUT2D eigenvalue weighted by atomic mass is 19.4. The fourth-order valence-electron chi connectivity index (χ4n) is 2.14. The Kier molecular flexibility index (Phi) is 5.60. The molecule has 1 amide bonds. The summed E-state index contributed by atoms with van der Waals surface area (Å²) in [6, 6.07) is 7.42. The van der Waals surface area contributed by atoms with Gasteiger partial charge in [0.25, 0.3) is 5.91 Å². The predicted octanol–water partition coefficient (Wildman–Crippen LogP) is 4.19. The zero-order valence-electron chi connectivity index (χ0n) is 13.0. The largest absolute Gasteiger partial charge is 0.416 e. The van der Waals surface area contributed by atoms with E-state index in [0.29, 0.717) is 6.07 Å². The molecule has 0 aliphatic carbocycles. The molecule has 0 bridgehead atoms. The van der Waals surface area contributed by atoms with E-state index >= 15 is 0 Å². The van der Waals surface area contributed by atoms with E-state index in [1.54, 1.807) is 0 Å². The van der Waals surface area contributed by atoms with E-state index < -0.39 is 35.5 Å². The lowest BCUT2D eigenvalue weighted by atomic mass is 10.1. The lowest BCUT2D eigenvalue weighted by Gasteiger charge is -2.14. The molecule has 2 aromatic carbocycles. The van der Waals surface area contributed by atoms with Gasteiger partial charge in [-0.25, -0.2) is 0 Å². The number of amides is 1. The van der Waals surface area contributed by atoms with Crippen molar-refractivity contribution in [3.63, 3.8) is 0 Å². The van der Waals surface area contributed by atoms with Gasteiger partial charge in [0.05, 0.1) is 17.2 Å². The Balaban J connectivity index is 2.01. The summed E-state index contributed by atoms with van der Waals surface area (Å²) < 4.78 is 75.3. The number of rotatable bonds is 4. The van der Waals surface area contributed by atoms with Crippen molar-refractivity contribution in [3.05, 3.63) is 70.8 Å². The van der Waals surface area contributed by atoms with Gasteiger partial charge in [0, 0.05) is 12.1 Å². The molecule has 2 N–H and O–H groups in total. The van der Waals surface area contributed by atoms with Crippen molar-refractivity contribution >= 4 is 5.91 Å². The number of aliphatic hydroxyl groups is 1. The van der Waals surface area contributed by atoms with Crippen LogP contribution in [0.3, 0.4) is 0 Å². The molecule has 0 saturated carbocycles. The number of nitrogens with one attached hydrogen (secondary N) is 1. The Morgan fingerprint density at radius 2 is 1.50 bits per heavy atom. The topological polar surface area (TPSA) is 49.3 Å². The van der Waals surface area contributed by atoms with Gasteiger partial charge in [-0.15, -0.1) is 0 Å². The maximum absolute atomic E-state index is 12.6. The van der Waals surface area contributed by atoms with Crippen LogP contribution in [0.1, 0.15) is 33.2 Å². The fraction of sp³-hybridized carbons (Fsp3) is 0.235. The molecule has 1 unspecified atom stereocenters. The minimum Gasteiger partial charge on any atom is -0.387 e. The van der Waals surface area contributed by atoms with Crippen LogP contribution in [0.5, 0.6) is 0 Å². The Bertz CT molecular complexity index is 768. The molecule has 2 aromatic rings. The van der Waals surface area contributed by atoms with E-state index in [4.69, 9.17) is 0 Å². The molecular formula is C17H13F6NO2. The molecule has 0 aromatic heterocycles. The summed E-state index contributed by atoms with van der Waals surface area (Å²) in [5.41, 5.74) is -2.00. The molecule has 0 radical (unpaired) electrons. The monoisotopic (exact) mass is 377 g/mol. The lowest BCUT2D eigenvalue weighted by molar-refractivity contribution is -0.138. The number of alkyl halides is 6. The summed E-state index contributed by atoms with van der Waals surface area (Å²) in [4.78, 5) is 11.9. The highest BCUT2D eigenvalue weighted by Crippen LogP contribution is 2.30. The highest BCUT2D eigenvalue weighted by Gasteiger charge is 2.31. The van der Waals surface area contributed by atoms with E-state index in [1.807, 2.05) is 0 Å². The normalized spacial score (nSPS) is 13.3. The second-order valence-corrected chi connectivity index (χ2v) is 5.42. The first-order chi connectivity index (χ1) is 12.0. The zero-order chi connectivity index (χ0) is 19.5. The Hall–Kier alpha value is -2.55. The molecule has 0 saturated heterocycles. The summed E-state index contributed by atoms with van der Waals surface area (Å²) in [6.45, 7) is -0.375. The maximum Gasteiger partial charge on any atom is 0.416 e. The number of halogens is 6. The van der Waals surface area contributed by atoms with Gasteiger partial charge < -0.3 is 10.4 Å². The van der Waals surface area contributed by atoms with Gasteiger partial charge in [-0.3, -0.25) is 4.79 Å². The van der Waals surface area contributed by atoms with Crippen molar-refractivity contribution in [1.29, 1.82) is 0 Å². The third kappa shape index (κ3) is 4.98. The third-order valence-corrected chi connectivity index (χ3v) is 3.53. The van der Waals surface area contributed by atoms with Crippen molar-refractivity contribution in [2.24, 2.45) is 0 Å². The van der Waals surface area contributed by atoms with E-state index in [1.165, 1.54) is 6.07 Å². The van der Waals surface area contributed by atoms with Gasteiger partial charge in [-0.05, 0) is 35.9 Å². The summed E-state index contributed by atoms with van der Waals surface area (Å²) in [6.07, 6.45) is -10.4. The number of carbonyl (C=O) groups is 1. The van der Waals surface area contributed by atoms with Crippen molar-refractivity contribution < 1.29 is 36.2 Å². The standard InChI is InChI=1S/C17H13F6NO2/c18-16(19,20)12-6-4-10(5-7-12)14(25)9-24-15(26)11-2-1-3-13(8-11)17(21,22)23/h1-8,14,25H,9H2,(H,24,26). The summed E-state index contributed by atoms with van der Waals surface area (Å²) in [7, 11) is 0. The third-order valence-electron chi connectivity index (χ3n) is 3.53. The minimum atomic E-state index is -4.60. The SMILES string of the molecule is O=C(NCC(O)c1ccc(C(F)(F)F)cc1)c1cccc(C(F)(F)F)c1. The van der Waals surface area contributed by atoms with Gasteiger partial charge in [-0.1, -0.05) is 18.2 Å². The van der Waals surface area contributed by atoms with Crippen LogP contribution in [0.25, 0.3) is 0 Å². The maximum atomic E-state index is 12.6. The number of benzene rings is 2. The zero-order valence-corrected chi connectivity index (χ0v) is 13.0. The first-order valence-electron chi connectivity index (χ1n) is 7.29. The van der Waals surface area contributed by atoms with Crippen LogP contribution in [-0.4, -0.2) is 17.6 Å². The summed E-state index contributed by atoms with van der Waals surface area (Å²) in [5.74, 6) is -0.845. The molecule has 140 valence electrons. The molecule has 0 spiro atoms. The number of carbonyl (C=O) groups excluding carboxylic acids is 1. The molecule has 1 atom stereocenters. The van der Waals surface area contributed by atoms with E-state index in [-0.39, 0.29) is 17.7 Å². The molecule has 0 aliphatic heterocycles. The quantitative estimate of drug-likeness (QED) is 0.786. The summed E-state index contributed by atoms with van der Waals surface area (Å²) in [5, 5.41) is 12.2. The fourth-order valence-corrected chi connectivity index (χ4v) is 2.14. The molecule has 0 heterocycles. The average molecular weight is 377 g/mol. The van der Waals surface area contributed by atoms with Crippen LogP contribution in [0.15, 0.2) is 48.5 Å². The predicted molar refractivity (Wildman–Crippen MR) is 80.2 cm³/mol. The highest BCUT2D eigenvalue weighted by molar-refractivity contribution is 5.94. The van der Waals surface area contributed by atoms with Gasteiger partial charge >= 0.3 is 12.4 Å². The van der Waals surface area contributed by atoms with E-state index in [2.05, 4.69) is 5.32 Å². The van der Waals surface area contributed by atoms with Crippen LogP contribution in [0, 0.1) is 0 Å². The van der Waals surface area contributed by atoms with Crippen LogP contribution in [0.2, 0.25) is 0 Å². The van der Waals surface area contributed by atoms with Gasteiger partial charge in [0.15, 0.2) is 0 Å². The van der Waals surface area contributed by atoms with Crippen molar-refractivity contribution in [3.8, 4) is 0 Å². The van der Waals surface area contributed by atoms with Crippen LogP contribution in [-0.2, 0) is 12.4 Å². The molecule has 3 nitrogen and oxygen atoms in total. The Morgan fingerprint density at radius 3 is 2.04 bits per heavy atom. The summed E-state index contributed by atoms with van der Waals surface area (Å²) >= 11 is 0. The van der Waals surface area contributed by atoms with Gasteiger partial charge in [-0.2, -0.15) is 26.3 Å². The second-order valence-electron chi connectivity index (χ2n) is 5.42. The van der Waals surface area contributed by atoms with Crippen molar-refractivity contribution in [2.75, 3.05) is 6.54 Å². The van der Waals surface area contributed by atoms with Crippen molar-refractivity contribution in [1.82, 2.24) is 5.32 Å². The number of hydrogen-bond acceptors (Lipinski definition) is 2. The molecule has 26 heavy (non-hydrogen) atoms. The Labute approximate surface area is 144 Å². The molecular weight excluding hydrogens is 364 g/mol. The Morgan fingerprint density at radius 1 is 0.923 bits per heavy atom. The molecule has 2 rings (SSSR count). The first kappa shape index (κ1) is 19.8. The number of aliphatic hydroxyl groups excluding tert-OH is 1. The van der Waals surface area contributed by atoms with Crippen LogP contribution >= 0.6 is 0 Å². The smallest absolute Gasteiger partial charge is 0.387 e. The molecule has 0 fully saturated rings. The van der Waals surface area contributed by atoms with Gasteiger partial charge in [0.2, 0.25) is 0 Å². The van der Waals surface area contributed by atoms with E-state index in [0.717, 1.165) is 36.4 Å².